The highest BCUT2D eigenvalue weighted by Gasteiger charge is 2.13. The van der Waals surface area contributed by atoms with Crippen molar-refractivity contribution in [2.24, 2.45) is 0 Å². The molecular formula is C16H13N3O2. The first-order valence-corrected chi connectivity index (χ1v) is 6.44. The van der Waals surface area contributed by atoms with Crippen molar-refractivity contribution in [3.8, 4) is 11.4 Å². The number of hydrogen-bond donors (Lipinski definition) is 0. The number of hydrogen-bond acceptors (Lipinski definition) is 4. The van der Waals surface area contributed by atoms with Crippen molar-refractivity contribution in [2.45, 2.75) is 0 Å². The molecule has 104 valence electrons. The van der Waals surface area contributed by atoms with Crippen LogP contribution in [0.4, 0.5) is 0 Å². The third-order valence-corrected chi connectivity index (χ3v) is 3.06. The van der Waals surface area contributed by atoms with Gasteiger partial charge >= 0.3 is 0 Å². The van der Waals surface area contributed by atoms with Gasteiger partial charge in [0.2, 0.25) is 5.78 Å². The Morgan fingerprint density at radius 2 is 1.76 bits per heavy atom. The molecule has 0 spiro atoms. The molecule has 5 heteroatoms. The number of carbonyl (C=O) groups excluding carboxylic acids is 1. The highest BCUT2D eigenvalue weighted by molar-refractivity contribution is 6.07. The van der Waals surface area contributed by atoms with E-state index in [9.17, 15) is 4.79 Å². The lowest BCUT2D eigenvalue weighted by molar-refractivity contribution is 0.103. The largest absolute Gasteiger partial charge is 0.497 e. The molecular weight excluding hydrogens is 266 g/mol. The summed E-state index contributed by atoms with van der Waals surface area (Å²) < 4.78 is 5.10. The molecule has 3 rings (SSSR count). The standard InChI is InChI=1S/C16H13N3O2/c1-21-14-9-7-13(8-10-14)19-17-11-15(18-19)16(20)12-5-3-2-4-6-12/h2-11H,1H3. The Labute approximate surface area is 121 Å². The molecule has 21 heavy (non-hydrogen) atoms. The summed E-state index contributed by atoms with van der Waals surface area (Å²) in [5.41, 5.74) is 1.68. The lowest BCUT2D eigenvalue weighted by Gasteiger charge is -2.01. The van der Waals surface area contributed by atoms with Crippen LogP contribution in [0.2, 0.25) is 0 Å². The van der Waals surface area contributed by atoms with E-state index in [1.165, 1.54) is 11.0 Å². The molecule has 0 fully saturated rings. The van der Waals surface area contributed by atoms with Crippen molar-refractivity contribution in [3.63, 3.8) is 0 Å². The topological polar surface area (TPSA) is 57.0 Å². The average Bonchev–Trinajstić information content (AvgIpc) is 3.05. The van der Waals surface area contributed by atoms with Gasteiger partial charge in [-0.15, -0.1) is 5.10 Å². The molecule has 0 saturated heterocycles. The first kappa shape index (κ1) is 13.1. The maximum Gasteiger partial charge on any atom is 0.214 e. The smallest absolute Gasteiger partial charge is 0.214 e. The fraction of sp³-hybridized carbons (Fsp3) is 0.0625. The van der Waals surface area contributed by atoms with Crippen LogP contribution < -0.4 is 4.74 Å². The Bertz CT molecular complexity index is 749. The van der Waals surface area contributed by atoms with Crippen molar-refractivity contribution in [2.75, 3.05) is 7.11 Å². The minimum Gasteiger partial charge on any atom is -0.497 e. The number of aromatic nitrogens is 3. The quantitative estimate of drug-likeness (QED) is 0.688. The molecule has 0 aliphatic heterocycles. The predicted octanol–water partition coefficient (Wildman–Crippen LogP) is 2.51. The lowest BCUT2D eigenvalue weighted by Crippen LogP contribution is -2.04. The van der Waals surface area contributed by atoms with E-state index >= 15 is 0 Å². The lowest BCUT2D eigenvalue weighted by atomic mass is 10.1. The van der Waals surface area contributed by atoms with Gasteiger partial charge in [0.1, 0.15) is 5.75 Å². The maximum absolute atomic E-state index is 12.3. The molecule has 0 aliphatic carbocycles. The summed E-state index contributed by atoms with van der Waals surface area (Å²) in [5, 5.41) is 8.36. The molecule has 0 N–H and O–H groups in total. The predicted molar refractivity (Wildman–Crippen MR) is 77.8 cm³/mol. The van der Waals surface area contributed by atoms with Crippen molar-refractivity contribution < 1.29 is 9.53 Å². The number of ether oxygens (including phenoxy) is 1. The zero-order valence-electron chi connectivity index (χ0n) is 11.4. The zero-order chi connectivity index (χ0) is 14.7. The molecule has 1 heterocycles. The van der Waals surface area contributed by atoms with Crippen molar-refractivity contribution in [1.29, 1.82) is 0 Å². The summed E-state index contributed by atoms with van der Waals surface area (Å²) in [7, 11) is 1.61. The van der Waals surface area contributed by atoms with E-state index in [0.717, 1.165) is 11.4 Å². The molecule has 0 unspecified atom stereocenters. The van der Waals surface area contributed by atoms with Crippen LogP contribution in [0.3, 0.4) is 0 Å². The summed E-state index contributed by atoms with van der Waals surface area (Å²) in [5.74, 6) is 0.613. The zero-order valence-corrected chi connectivity index (χ0v) is 11.4. The summed E-state index contributed by atoms with van der Waals surface area (Å²) in [6.45, 7) is 0. The molecule has 0 aliphatic rings. The third-order valence-electron chi connectivity index (χ3n) is 3.06. The molecule has 3 aromatic rings. The Hall–Kier alpha value is -2.95. The molecule has 0 amide bonds. The summed E-state index contributed by atoms with van der Waals surface area (Å²) in [6.07, 6.45) is 1.47. The number of carbonyl (C=O) groups is 1. The molecule has 2 aromatic carbocycles. The monoisotopic (exact) mass is 279 g/mol. The van der Waals surface area contributed by atoms with E-state index in [0.29, 0.717) is 11.3 Å². The summed E-state index contributed by atoms with van der Waals surface area (Å²) in [6, 6.07) is 16.3. The Balaban J connectivity index is 1.87. The normalized spacial score (nSPS) is 10.3. The van der Waals surface area contributed by atoms with Gasteiger partial charge in [0.05, 0.1) is 19.0 Å². The van der Waals surface area contributed by atoms with Crippen LogP contribution in [0.15, 0.2) is 60.8 Å². The second kappa shape index (κ2) is 5.58. The number of ketones is 1. The van der Waals surface area contributed by atoms with Gasteiger partial charge < -0.3 is 4.74 Å². The molecule has 0 bridgehead atoms. The molecule has 0 saturated carbocycles. The number of benzene rings is 2. The van der Waals surface area contributed by atoms with Crippen LogP contribution in [0.1, 0.15) is 16.1 Å². The van der Waals surface area contributed by atoms with Gasteiger partial charge in [-0.1, -0.05) is 30.3 Å². The van der Waals surface area contributed by atoms with E-state index in [2.05, 4.69) is 10.2 Å². The van der Waals surface area contributed by atoms with Gasteiger partial charge in [-0.3, -0.25) is 4.79 Å². The van der Waals surface area contributed by atoms with E-state index in [1.807, 2.05) is 42.5 Å². The van der Waals surface area contributed by atoms with Gasteiger partial charge in [-0.25, -0.2) is 0 Å². The first-order valence-electron chi connectivity index (χ1n) is 6.44. The average molecular weight is 279 g/mol. The molecule has 0 atom stereocenters. The van der Waals surface area contributed by atoms with Crippen LogP contribution in [0.25, 0.3) is 5.69 Å². The number of methoxy groups -OCH3 is 1. The van der Waals surface area contributed by atoms with Crippen LogP contribution >= 0.6 is 0 Å². The van der Waals surface area contributed by atoms with E-state index < -0.39 is 0 Å². The minimum atomic E-state index is -0.143. The summed E-state index contributed by atoms with van der Waals surface area (Å²) in [4.78, 5) is 13.7. The summed E-state index contributed by atoms with van der Waals surface area (Å²) >= 11 is 0. The SMILES string of the molecule is COc1ccc(-n2ncc(C(=O)c3ccccc3)n2)cc1. The minimum absolute atomic E-state index is 0.143. The number of rotatable bonds is 4. The highest BCUT2D eigenvalue weighted by atomic mass is 16.5. The van der Waals surface area contributed by atoms with E-state index in [1.54, 1.807) is 19.2 Å². The Morgan fingerprint density at radius 1 is 1.05 bits per heavy atom. The Kier molecular flexibility index (Phi) is 3.47. The third kappa shape index (κ3) is 2.67. The number of nitrogens with zero attached hydrogens (tertiary/aromatic N) is 3. The molecule has 0 radical (unpaired) electrons. The van der Waals surface area contributed by atoms with E-state index in [-0.39, 0.29) is 5.78 Å². The maximum atomic E-state index is 12.3. The van der Waals surface area contributed by atoms with Gasteiger partial charge in [-0.05, 0) is 24.3 Å². The van der Waals surface area contributed by atoms with Crippen molar-refractivity contribution in [3.05, 3.63) is 72.1 Å². The molecule has 5 nitrogen and oxygen atoms in total. The van der Waals surface area contributed by atoms with Gasteiger partial charge in [0.25, 0.3) is 0 Å². The highest BCUT2D eigenvalue weighted by Crippen LogP contribution is 2.14. The van der Waals surface area contributed by atoms with Crippen LogP contribution in [0.5, 0.6) is 5.75 Å². The molecule has 1 aromatic heterocycles. The second-order valence-electron chi connectivity index (χ2n) is 4.41. The first-order chi connectivity index (χ1) is 10.3. The van der Waals surface area contributed by atoms with Crippen molar-refractivity contribution >= 4 is 5.78 Å². The van der Waals surface area contributed by atoms with Gasteiger partial charge in [0, 0.05) is 5.56 Å². The van der Waals surface area contributed by atoms with Crippen molar-refractivity contribution in [1.82, 2.24) is 15.0 Å². The second-order valence-corrected chi connectivity index (χ2v) is 4.41. The fourth-order valence-corrected chi connectivity index (χ4v) is 1.94. The van der Waals surface area contributed by atoms with Crippen LogP contribution in [0, 0.1) is 0 Å². The fourth-order valence-electron chi connectivity index (χ4n) is 1.94. The van der Waals surface area contributed by atoms with E-state index in [4.69, 9.17) is 4.74 Å². The van der Waals surface area contributed by atoms with Crippen LogP contribution in [-0.4, -0.2) is 27.9 Å². The van der Waals surface area contributed by atoms with Crippen LogP contribution in [-0.2, 0) is 0 Å². The van der Waals surface area contributed by atoms with Gasteiger partial charge in [-0.2, -0.15) is 9.90 Å². The Morgan fingerprint density at radius 3 is 2.43 bits per heavy atom. The van der Waals surface area contributed by atoms with Gasteiger partial charge in [0.15, 0.2) is 5.69 Å².